The zero-order valence-electron chi connectivity index (χ0n) is 17.1. The first-order chi connectivity index (χ1) is 14.3. The second-order valence-corrected chi connectivity index (χ2v) is 10.4. The van der Waals surface area contributed by atoms with Gasteiger partial charge in [0.15, 0.2) is 4.90 Å². The van der Waals surface area contributed by atoms with Crippen molar-refractivity contribution in [2.75, 3.05) is 11.9 Å². The predicted octanol–water partition coefficient (Wildman–Crippen LogP) is 2.28. The Balaban J connectivity index is 1.44. The summed E-state index contributed by atoms with van der Waals surface area (Å²) in [5, 5.41) is 6.90. The summed E-state index contributed by atoms with van der Waals surface area (Å²) in [5.74, 6) is 0.175. The molecule has 9 nitrogen and oxygen atoms in total. The summed E-state index contributed by atoms with van der Waals surface area (Å²) >= 11 is 0. The first-order valence-electron chi connectivity index (χ1n) is 10.3. The second-order valence-electron chi connectivity index (χ2n) is 8.78. The maximum atomic E-state index is 12.8. The highest BCUT2D eigenvalue weighted by Gasteiger charge is 2.37. The molecule has 30 heavy (non-hydrogen) atoms. The lowest BCUT2D eigenvalue weighted by Gasteiger charge is -2.21. The van der Waals surface area contributed by atoms with Crippen LogP contribution in [0.4, 0.5) is 10.5 Å². The third-order valence-corrected chi connectivity index (χ3v) is 7.55. The molecule has 0 atom stereocenters. The lowest BCUT2D eigenvalue weighted by molar-refractivity contribution is 0.224. The van der Waals surface area contributed by atoms with E-state index in [4.69, 9.17) is 9.72 Å². The number of urea groups is 1. The maximum Gasteiger partial charge on any atom is 0.333 e. The van der Waals surface area contributed by atoms with Crippen molar-refractivity contribution in [3.05, 3.63) is 28.7 Å². The molecule has 3 aliphatic rings. The molecule has 0 unspecified atom stereocenters. The topological polar surface area (TPSA) is 115 Å². The average Bonchev–Trinajstić information content (AvgIpc) is 3.39. The fourth-order valence-electron chi connectivity index (χ4n) is 4.68. The number of pyridine rings is 1. The molecule has 5 rings (SSSR count). The van der Waals surface area contributed by atoms with Gasteiger partial charge in [0.1, 0.15) is 0 Å². The van der Waals surface area contributed by atoms with Crippen LogP contribution in [0.25, 0.3) is 0 Å². The average molecular weight is 432 g/mol. The summed E-state index contributed by atoms with van der Waals surface area (Å²) in [5.41, 5.74) is 4.77. The Hall–Kier alpha value is -2.62. The van der Waals surface area contributed by atoms with Crippen LogP contribution in [0.2, 0.25) is 0 Å². The van der Waals surface area contributed by atoms with Crippen LogP contribution in [0.1, 0.15) is 55.6 Å². The fourth-order valence-corrected chi connectivity index (χ4v) is 5.66. The highest BCUT2D eigenvalue weighted by Crippen LogP contribution is 2.44. The number of carbonyl (C=O) groups is 1. The van der Waals surface area contributed by atoms with Gasteiger partial charge < -0.3 is 10.1 Å². The van der Waals surface area contributed by atoms with Crippen LogP contribution < -0.4 is 14.8 Å². The molecule has 2 N–H and O–H groups in total. The zero-order chi connectivity index (χ0) is 21.1. The highest BCUT2D eigenvalue weighted by molar-refractivity contribution is 7.90. The van der Waals surface area contributed by atoms with Crippen LogP contribution in [0.15, 0.2) is 11.1 Å². The molecule has 1 aliphatic heterocycles. The lowest BCUT2D eigenvalue weighted by atomic mass is 9.90. The minimum Gasteiger partial charge on any atom is -0.477 e. The number of nitrogens with zero attached hydrogens (tertiary/aromatic N) is 3. The van der Waals surface area contributed by atoms with Gasteiger partial charge in [-0.2, -0.15) is 5.10 Å². The van der Waals surface area contributed by atoms with E-state index in [9.17, 15) is 13.2 Å². The van der Waals surface area contributed by atoms with Crippen LogP contribution in [-0.4, -0.2) is 35.8 Å². The van der Waals surface area contributed by atoms with Gasteiger partial charge in [-0.15, -0.1) is 0 Å². The monoisotopic (exact) mass is 431 g/mol. The first-order valence-corrected chi connectivity index (χ1v) is 11.8. The van der Waals surface area contributed by atoms with Gasteiger partial charge >= 0.3 is 6.03 Å². The number of hydrogen-bond donors (Lipinski definition) is 2. The van der Waals surface area contributed by atoms with Gasteiger partial charge in [0.25, 0.3) is 10.0 Å². The van der Waals surface area contributed by atoms with Crippen molar-refractivity contribution in [2.45, 2.75) is 69.2 Å². The Bertz CT molecular complexity index is 1150. The predicted molar refractivity (Wildman–Crippen MR) is 109 cm³/mol. The van der Waals surface area contributed by atoms with Crippen LogP contribution in [-0.2, 0) is 41.2 Å². The van der Waals surface area contributed by atoms with E-state index in [1.165, 1.54) is 10.9 Å². The molecule has 0 fully saturated rings. The summed E-state index contributed by atoms with van der Waals surface area (Å²) in [7, 11) is -4.11. The van der Waals surface area contributed by atoms with Gasteiger partial charge in [-0.3, -0.25) is 4.98 Å². The van der Waals surface area contributed by atoms with Gasteiger partial charge in [0.2, 0.25) is 5.88 Å². The number of nitrogens with one attached hydrogen (secondary N) is 2. The molecular weight excluding hydrogens is 406 g/mol. The zero-order valence-corrected chi connectivity index (χ0v) is 17.9. The van der Waals surface area contributed by atoms with Crippen molar-refractivity contribution in [3.8, 4) is 5.88 Å². The largest absolute Gasteiger partial charge is 0.477 e. The van der Waals surface area contributed by atoms with Gasteiger partial charge in [0.05, 0.1) is 24.2 Å². The molecule has 10 heteroatoms. The third-order valence-electron chi connectivity index (χ3n) is 6.23. The van der Waals surface area contributed by atoms with Gasteiger partial charge in [-0.1, -0.05) is 13.8 Å². The van der Waals surface area contributed by atoms with E-state index in [0.717, 1.165) is 66.7 Å². The summed E-state index contributed by atoms with van der Waals surface area (Å²) in [6.45, 7) is 5.32. The van der Waals surface area contributed by atoms with Crippen molar-refractivity contribution in [1.29, 1.82) is 0 Å². The molecular formula is C20H25N5O4S. The number of carbonyl (C=O) groups excluding carboxylic acids is 1. The molecule has 2 amide bonds. The number of anilines is 1. The van der Waals surface area contributed by atoms with Gasteiger partial charge in [0, 0.05) is 24.1 Å². The SMILES string of the molecule is CC1(C)CCc2c1nc1c(c2NC(=O)NS(=O)(=O)c2cnn3c2OCCC3)CCC1. The summed E-state index contributed by atoms with van der Waals surface area (Å²) in [6, 6.07) is -0.780. The molecule has 0 radical (unpaired) electrons. The number of sulfonamides is 1. The Morgan fingerprint density at radius 3 is 2.87 bits per heavy atom. The van der Waals surface area contributed by atoms with Gasteiger partial charge in [-0.25, -0.2) is 22.6 Å². The highest BCUT2D eigenvalue weighted by atomic mass is 32.2. The molecule has 0 bridgehead atoms. The maximum absolute atomic E-state index is 12.8. The van der Waals surface area contributed by atoms with Crippen molar-refractivity contribution in [2.24, 2.45) is 0 Å². The Kier molecular flexibility index (Phi) is 4.32. The molecule has 2 aromatic rings. The van der Waals surface area contributed by atoms with Gasteiger partial charge in [-0.05, 0) is 43.2 Å². The summed E-state index contributed by atoms with van der Waals surface area (Å²) in [6.07, 6.45) is 6.45. The standard InChI is InChI=1S/C20H25N5O4S/c1-20(2)8-7-13-16(12-5-3-6-14(12)22-17(13)20)23-19(26)24-30(27,28)15-11-21-25-9-4-10-29-18(15)25/h11H,3-10H2,1-2H3,(H2,22,23,24,26). The number of aromatic nitrogens is 3. The van der Waals surface area contributed by atoms with Crippen LogP contribution in [0, 0.1) is 0 Å². The molecule has 3 heterocycles. The smallest absolute Gasteiger partial charge is 0.333 e. The Labute approximate surface area is 175 Å². The Morgan fingerprint density at radius 1 is 1.20 bits per heavy atom. The molecule has 0 saturated heterocycles. The second kappa shape index (κ2) is 6.69. The number of amides is 2. The molecule has 2 aliphatic carbocycles. The van der Waals surface area contributed by atoms with E-state index in [-0.39, 0.29) is 16.2 Å². The van der Waals surface area contributed by atoms with E-state index in [1.807, 2.05) is 0 Å². The molecule has 0 saturated carbocycles. The number of rotatable bonds is 3. The number of ether oxygens (including phenoxy) is 1. The number of hydrogen-bond acceptors (Lipinski definition) is 6. The molecule has 0 aromatic carbocycles. The van der Waals surface area contributed by atoms with E-state index >= 15 is 0 Å². The minimum atomic E-state index is -4.11. The van der Waals surface area contributed by atoms with Crippen molar-refractivity contribution >= 4 is 21.7 Å². The van der Waals surface area contributed by atoms with Crippen molar-refractivity contribution in [3.63, 3.8) is 0 Å². The van der Waals surface area contributed by atoms with Crippen LogP contribution >= 0.6 is 0 Å². The molecule has 2 aromatic heterocycles. The van der Waals surface area contributed by atoms with E-state index in [0.29, 0.717) is 13.2 Å². The number of aryl methyl sites for hydroxylation is 2. The summed E-state index contributed by atoms with van der Waals surface area (Å²) in [4.78, 5) is 17.5. The minimum absolute atomic E-state index is 0.0550. The van der Waals surface area contributed by atoms with E-state index in [2.05, 4.69) is 29.0 Å². The lowest BCUT2D eigenvalue weighted by Crippen LogP contribution is -2.35. The van der Waals surface area contributed by atoms with E-state index < -0.39 is 16.1 Å². The molecule has 0 spiro atoms. The normalized spacial score (nSPS) is 18.9. The van der Waals surface area contributed by atoms with Crippen molar-refractivity contribution < 1.29 is 17.9 Å². The van der Waals surface area contributed by atoms with Crippen molar-refractivity contribution in [1.82, 2.24) is 19.5 Å². The molecule has 160 valence electrons. The third kappa shape index (κ3) is 3.05. The first kappa shape index (κ1) is 19.3. The fraction of sp³-hybridized carbons (Fsp3) is 0.550. The Morgan fingerprint density at radius 2 is 2.03 bits per heavy atom. The van der Waals surface area contributed by atoms with E-state index in [1.54, 1.807) is 0 Å². The quantitative estimate of drug-likeness (QED) is 0.770. The van der Waals surface area contributed by atoms with Crippen LogP contribution in [0.3, 0.4) is 0 Å². The number of fused-ring (bicyclic) bond motifs is 3. The summed E-state index contributed by atoms with van der Waals surface area (Å²) < 4.78 is 34.7. The van der Waals surface area contributed by atoms with Crippen LogP contribution in [0.5, 0.6) is 5.88 Å².